The minimum atomic E-state index is -1.23. The van der Waals surface area contributed by atoms with Crippen molar-refractivity contribution in [2.45, 2.75) is 83.6 Å². The third kappa shape index (κ3) is 12.7. The molecular formula is C44H60N4O10. The van der Waals surface area contributed by atoms with Crippen molar-refractivity contribution in [1.82, 2.24) is 20.0 Å². The first-order chi connectivity index (χ1) is 27.4. The number of rotatable bonds is 20. The van der Waals surface area contributed by atoms with E-state index in [1.165, 1.54) is 55.3 Å². The Bertz CT molecular complexity index is 1820. The number of hydrogen-bond donors (Lipinski definition) is 3. The number of benzene rings is 3. The number of aromatic hydroxyl groups is 2. The lowest BCUT2D eigenvalue weighted by atomic mass is 9.96. The summed E-state index contributed by atoms with van der Waals surface area (Å²) in [7, 11) is 9.21. The van der Waals surface area contributed by atoms with E-state index in [4.69, 9.17) is 14.2 Å². The van der Waals surface area contributed by atoms with Crippen LogP contribution in [0.25, 0.3) is 0 Å². The van der Waals surface area contributed by atoms with Gasteiger partial charge in [0.1, 0.15) is 41.4 Å². The fraction of sp³-hybridized carbons (Fsp3) is 0.477. The van der Waals surface area contributed by atoms with Crippen LogP contribution < -0.4 is 10.1 Å². The van der Waals surface area contributed by atoms with Gasteiger partial charge in [0.25, 0.3) is 5.91 Å². The second-order valence-electron chi connectivity index (χ2n) is 15.2. The summed E-state index contributed by atoms with van der Waals surface area (Å²) in [5.41, 5.74) is 2.15. The normalized spacial score (nSPS) is 14.3. The van der Waals surface area contributed by atoms with Gasteiger partial charge < -0.3 is 39.5 Å². The van der Waals surface area contributed by atoms with Crippen molar-refractivity contribution in [3.63, 3.8) is 0 Å². The van der Waals surface area contributed by atoms with E-state index in [0.29, 0.717) is 29.7 Å². The van der Waals surface area contributed by atoms with Crippen LogP contribution in [0.1, 0.15) is 50.8 Å². The molecule has 3 rings (SSSR count). The van der Waals surface area contributed by atoms with E-state index in [-0.39, 0.29) is 24.3 Å². The smallest absolute Gasteiger partial charge is 0.328 e. The first kappa shape index (κ1) is 46.8. The van der Waals surface area contributed by atoms with Gasteiger partial charge in [-0.25, -0.2) is 4.79 Å². The van der Waals surface area contributed by atoms with Crippen molar-refractivity contribution in [3.8, 4) is 17.2 Å². The Morgan fingerprint density at radius 3 is 1.52 bits per heavy atom. The first-order valence-corrected chi connectivity index (χ1v) is 19.4. The maximum atomic E-state index is 14.5. The van der Waals surface area contributed by atoms with Crippen molar-refractivity contribution < 1.29 is 48.4 Å². The molecule has 3 N–H and O–H groups in total. The van der Waals surface area contributed by atoms with E-state index in [1.54, 1.807) is 83.3 Å². The average Bonchev–Trinajstić information content (AvgIpc) is 3.21. The molecule has 0 heterocycles. The summed E-state index contributed by atoms with van der Waals surface area (Å²) in [4.78, 5) is 74.2. The highest BCUT2D eigenvalue weighted by Crippen LogP contribution is 2.22. The number of phenolic OH excluding ortho intramolecular Hbond substituents is 2. The van der Waals surface area contributed by atoms with E-state index in [9.17, 15) is 34.2 Å². The van der Waals surface area contributed by atoms with E-state index in [2.05, 4.69) is 5.32 Å². The average molecular weight is 805 g/mol. The first-order valence-electron chi connectivity index (χ1n) is 19.4. The molecule has 0 fully saturated rings. The number of likely N-dealkylation sites (N-methyl/N-ethyl adjacent to an activating group) is 3. The number of carbonyl (C=O) groups is 5. The van der Waals surface area contributed by atoms with Crippen molar-refractivity contribution in [3.05, 3.63) is 89.5 Å². The Hall–Kier alpha value is -5.63. The van der Waals surface area contributed by atoms with Crippen LogP contribution in [0.15, 0.2) is 72.8 Å². The van der Waals surface area contributed by atoms with Crippen LogP contribution in [-0.2, 0) is 52.7 Å². The van der Waals surface area contributed by atoms with Gasteiger partial charge in [0.15, 0.2) is 6.10 Å². The molecule has 14 nitrogen and oxygen atoms in total. The molecular weight excluding hydrogens is 745 g/mol. The number of carbonyl (C=O) groups excluding carboxylic acids is 5. The lowest BCUT2D eigenvalue weighted by Gasteiger charge is -2.36. The third-order valence-electron chi connectivity index (χ3n) is 10.5. The SMILES string of the molecule is CC[C@@H](C)[C@@H](OC(=O)[C@H](Cc1ccc(OC)cc1)N(C)C)C(=O)N[C@@H](C(=O)N(C)[C@H](Cc1ccc(O)cc1)C(=O)N(C)[C@@H](Cc1ccc(O)cc1)C(=O)OC)C(C)C. The lowest BCUT2D eigenvalue weighted by Crippen LogP contribution is -2.59. The zero-order chi connectivity index (χ0) is 43.3. The molecule has 0 bridgehead atoms. The number of nitrogens with zero attached hydrogens (tertiary/aromatic N) is 3. The Morgan fingerprint density at radius 2 is 1.09 bits per heavy atom. The van der Waals surface area contributed by atoms with Gasteiger partial charge in [-0.05, 0) is 85.9 Å². The Kier molecular flexibility index (Phi) is 17.5. The van der Waals surface area contributed by atoms with Crippen molar-refractivity contribution in [2.75, 3.05) is 42.4 Å². The monoisotopic (exact) mass is 804 g/mol. The molecule has 316 valence electrons. The number of nitrogens with one attached hydrogen (secondary N) is 1. The fourth-order valence-electron chi connectivity index (χ4n) is 6.43. The molecule has 6 atom stereocenters. The largest absolute Gasteiger partial charge is 0.508 e. The van der Waals surface area contributed by atoms with Crippen molar-refractivity contribution in [1.29, 1.82) is 0 Å². The quantitative estimate of drug-likeness (QED) is 0.141. The number of hydrogen-bond acceptors (Lipinski definition) is 11. The molecule has 0 radical (unpaired) electrons. The minimum absolute atomic E-state index is 0.00475. The van der Waals surface area contributed by atoms with Crippen LogP contribution in [-0.4, -0.2) is 127 Å². The van der Waals surface area contributed by atoms with Gasteiger partial charge in [0.2, 0.25) is 11.8 Å². The molecule has 14 heteroatoms. The molecule has 58 heavy (non-hydrogen) atoms. The van der Waals surface area contributed by atoms with Crippen LogP contribution in [0.4, 0.5) is 0 Å². The van der Waals surface area contributed by atoms with Crippen LogP contribution >= 0.6 is 0 Å². The summed E-state index contributed by atoms with van der Waals surface area (Å²) in [5, 5.41) is 22.6. The highest BCUT2D eigenvalue weighted by atomic mass is 16.6. The molecule has 0 aliphatic heterocycles. The molecule has 0 saturated heterocycles. The summed E-state index contributed by atoms with van der Waals surface area (Å²) < 4.78 is 16.3. The number of amides is 3. The number of methoxy groups -OCH3 is 2. The van der Waals surface area contributed by atoms with E-state index in [0.717, 1.165) is 5.56 Å². The van der Waals surface area contributed by atoms with E-state index < -0.39 is 71.8 Å². The van der Waals surface area contributed by atoms with Gasteiger partial charge in [-0.15, -0.1) is 0 Å². The summed E-state index contributed by atoms with van der Waals surface area (Å²) in [5.74, 6) is -3.22. The zero-order valence-electron chi connectivity index (χ0n) is 35.3. The summed E-state index contributed by atoms with van der Waals surface area (Å²) in [6, 6.07) is 15.6. The predicted octanol–water partition coefficient (Wildman–Crippen LogP) is 3.99. The van der Waals surface area contributed by atoms with Gasteiger partial charge in [-0.2, -0.15) is 0 Å². The Morgan fingerprint density at radius 1 is 0.638 bits per heavy atom. The molecule has 0 saturated carbocycles. The molecule has 3 amide bonds. The summed E-state index contributed by atoms with van der Waals surface area (Å²) in [6.45, 7) is 7.18. The van der Waals surface area contributed by atoms with E-state index >= 15 is 0 Å². The van der Waals surface area contributed by atoms with Crippen molar-refractivity contribution >= 4 is 29.7 Å². The third-order valence-corrected chi connectivity index (χ3v) is 10.5. The fourth-order valence-corrected chi connectivity index (χ4v) is 6.43. The second kappa shape index (κ2) is 21.8. The van der Waals surface area contributed by atoms with Gasteiger partial charge in [0.05, 0.1) is 14.2 Å². The van der Waals surface area contributed by atoms with Crippen molar-refractivity contribution in [2.24, 2.45) is 11.8 Å². The van der Waals surface area contributed by atoms with Gasteiger partial charge >= 0.3 is 11.9 Å². The second-order valence-corrected chi connectivity index (χ2v) is 15.2. The summed E-state index contributed by atoms with van der Waals surface area (Å²) >= 11 is 0. The highest BCUT2D eigenvalue weighted by Gasteiger charge is 2.40. The van der Waals surface area contributed by atoms with Crippen LogP contribution in [0.2, 0.25) is 0 Å². The standard InChI is InChI=1S/C44H60N4O10/c1-11-28(4)39(58-44(55)36(46(5)6)25-31-16-22-34(56-9)23-17-31)40(51)45-38(27(2)3)42(53)47(7)35(24-29-12-18-32(49)19-13-29)41(52)48(8)37(43(54)57-10)26-30-14-20-33(50)21-15-30/h12-23,27-28,35-39,49-50H,11,24-26H2,1-10H3,(H,45,51)/t28-,35-,36+,37+,38-,39-/m1/s1. The molecule has 3 aromatic rings. The molecule has 0 unspecified atom stereocenters. The Labute approximate surface area is 342 Å². The number of esters is 2. The van der Waals surface area contributed by atoms with E-state index in [1.807, 2.05) is 19.1 Å². The summed E-state index contributed by atoms with van der Waals surface area (Å²) in [6.07, 6.45) is -0.341. The predicted molar refractivity (Wildman–Crippen MR) is 219 cm³/mol. The zero-order valence-corrected chi connectivity index (χ0v) is 35.3. The van der Waals surface area contributed by atoms with Crippen LogP contribution in [0.3, 0.4) is 0 Å². The maximum Gasteiger partial charge on any atom is 0.328 e. The Balaban J connectivity index is 1.92. The number of phenols is 2. The molecule has 0 aromatic heterocycles. The molecule has 3 aromatic carbocycles. The highest BCUT2D eigenvalue weighted by molar-refractivity contribution is 5.95. The molecule has 0 spiro atoms. The van der Waals surface area contributed by atoms with Gasteiger partial charge in [0, 0.05) is 32.9 Å². The van der Waals surface area contributed by atoms with Crippen LogP contribution in [0.5, 0.6) is 17.2 Å². The molecule has 0 aliphatic carbocycles. The van der Waals surface area contributed by atoms with Gasteiger partial charge in [-0.3, -0.25) is 24.1 Å². The van der Waals surface area contributed by atoms with Gasteiger partial charge in [-0.1, -0.05) is 64.1 Å². The lowest BCUT2D eigenvalue weighted by molar-refractivity contribution is -0.164. The number of ether oxygens (including phenoxy) is 3. The minimum Gasteiger partial charge on any atom is -0.508 e. The van der Waals surface area contributed by atoms with Crippen LogP contribution in [0, 0.1) is 11.8 Å². The maximum absolute atomic E-state index is 14.5. The molecule has 0 aliphatic rings. The topological polar surface area (TPSA) is 175 Å².